The summed E-state index contributed by atoms with van der Waals surface area (Å²) in [5.41, 5.74) is 0.275. The van der Waals surface area contributed by atoms with Crippen LogP contribution in [0.5, 0.6) is 0 Å². The van der Waals surface area contributed by atoms with Gasteiger partial charge in [-0.3, -0.25) is 4.79 Å². The van der Waals surface area contributed by atoms with Crippen LogP contribution in [0, 0.1) is 0 Å². The number of nitrogens with one attached hydrogen (secondary N) is 2. The van der Waals surface area contributed by atoms with Gasteiger partial charge in [-0.2, -0.15) is 0 Å². The van der Waals surface area contributed by atoms with Crippen LogP contribution < -0.4 is 11.0 Å². The molecule has 0 aromatic carbocycles. The van der Waals surface area contributed by atoms with Gasteiger partial charge in [-0.05, 0) is 0 Å². The molecule has 4 N–H and O–H groups in total. The fraction of sp³-hybridized carbons (Fsp3) is 0.538. The van der Waals surface area contributed by atoms with Crippen LogP contribution in [0.3, 0.4) is 0 Å². The number of hydrogen-bond donors (Lipinski definition) is 4. The van der Waals surface area contributed by atoms with Gasteiger partial charge in [0.15, 0.2) is 5.82 Å². The van der Waals surface area contributed by atoms with Crippen LogP contribution in [-0.2, 0) is 10.2 Å². The van der Waals surface area contributed by atoms with E-state index >= 15 is 0 Å². The number of H-pyrrole nitrogens is 1. The maximum Gasteiger partial charge on any atom is 0.347 e. The highest BCUT2D eigenvalue weighted by molar-refractivity contribution is 5.67. The second-order valence-electron chi connectivity index (χ2n) is 6.08. The number of rotatable bonds is 5. The smallest absolute Gasteiger partial charge is 0.347 e. The first kappa shape index (κ1) is 16.0. The van der Waals surface area contributed by atoms with E-state index in [2.05, 4.69) is 20.5 Å². The number of anilines is 1. The van der Waals surface area contributed by atoms with Gasteiger partial charge in [-0.25, -0.2) is 19.3 Å². The largest absolute Gasteiger partial charge is 0.481 e. The summed E-state index contributed by atoms with van der Waals surface area (Å²) in [4.78, 5) is 26.7. The predicted octanol–water partition coefficient (Wildman–Crippen LogP) is -0.0374. The van der Waals surface area contributed by atoms with E-state index in [0.717, 1.165) is 0 Å². The summed E-state index contributed by atoms with van der Waals surface area (Å²) in [6, 6.07) is 0. The van der Waals surface area contributed by atoms with Crippen LogP contribution in [0.25, 0.3) is 5.65 Å². The summed E-state index contributed by atoms with van der Waals surface area (Å²) in [7, 11) is 0. The van der Waals surface area contributed by atoms with Crippen LogP contribution >= 0.6 is 0 Å². The Bertz CT molecular complexity index is 743. The lowest BCUT2D eigenvalue weighted by Gasteiger charge is -2.19. The lowest BCUT2D eigenvalue weighted by Crippen LogP contribution is -2.25. The van der Waals surface area contributed by atoms with Gasteiger partial charge in [0.1, 0.15) is 0 Å². The van der Waals surface area contributed by atoms with Crippen molar-refractivity contribution in [3.05, 3.63) is 22.4 Å². The van der Waals surface area contributed by atoms with Gasteiger partial charge in [0, 0.05) is 18.2 Å². The quantitative estimate of drug-likeness (QED) is 0.609. The summed E-state index contributed by atoms with van der Waals surface area (Å²) in [6.07, 6.45) is 0.165. The minimum atomic E-state index is -1.09. The molecule has 9 heteroatoms. The number of aliphatic carboxylic acids is 1. The molecule has 120 valence electrons. The van der Waals surface area contributed by atoms with E-state index < -0.39 is 17.8 Å². The topological polar surface area (TPSA) is 133 Å². The highest BCUT2D eigenvalue weighted by atomic mass is 16.4. The number of aromatic amines is 1. The normalized spacial score (nSPS) is 13.3. The molecule has 0 spiro atoms. The number of hydrogen-bond acceptors (Lipinski definition) is 6. The number of aromatic nitrogens is 4. The third-order valence-corrected chi connectivity index (χ3v) is 3.08. The Hall–Kier alpha value is -2.42. The van der Waals surface area contributed by atoms with Crippen LogP contribution in [-0.4, -0.2) is 48.4 Å². The maximum absolute atomic E-state index is 11.8. The fourth-order valence-electron chi connectivity index (χ4n) is 1.88. The van der Waals surface area contributed by atoms with Crippen LogP contribution in [0.2, 0.25) is 0 Å². The SMILES string of the molecule is CC(C)(C)c1cn2c(=O)[nH]nc2c(NCC(O)CC(=O)O)n1. The van der Waals surface area contributed by atoms with Gasteiger partial charge in [0.05, 0.1) is 18.2 Å². The number of aliphatic hydroxyl groups excluding tert-OH is 1. The first-order chi connectivity index (χ1) is 10.2. The molecule has 2 aromatic heterocycles. The monoisotopic (exact) mass is 309 g/mol. The van der Waals surface area contributed by atoms with E-state index in [1.807, 2.05) is 20.8 Å². The summed E-state index contributed by atoms with van der Waals surface area (Å²) in [6.45, 7) is 5.85. The summed E-state index contributed by atoms with van der Waals surface area (Å²) < 4.78 is 1.33. The highest BCUT2D eigenvalue weighted by Gasteiger charge is 2.20. The van der Waals surface area contributed by atoms with Crippen molar-refractivity contribution in [2.75, 3.05) is 11.9 Å². The summed E-state index contributed by atoms with van der Waals surface area (Å²) in [5.74, 6) is -0.776. The van der Waals surface area contributed by atoms with Crippen molar-refractivity contribution in [1.82, 2.24) is 19.6 Å². The average Bonchev–Trinajstić information content (AvgIpc) is 2.76. The zero-order valence-electron chi connectivity index (χ0n) is 12.6. The van der Waals surface area contributed by atoms with Gasteiger partial charge in [-0.15, -0.1) is 5.10 Å². The van der Waals surface area contributed by atoms with Gasteiger partial charge < -0.3 is 15.5 Å². The third kappa shape index (κ3) is 3.42. The lowest BCUT2D eigenvalue weighted by atomic mass is 9.93. The molecular weight excluding hydrogens is 290 g/mol. The van der Waals surface area contributed by atoms with E-state index in [0.29, 0.717) is 17.2 Å². The molecule has 0 aliphatic heterocycles. The molecule has 0 bridgehead atoms. The molecule has 0 aliphatic rings. The van der Waals surface area contributed by atoms with Crippen LogP contribution in [0.1, 0.15) is 32.9 Å². The molecular formula is C13H19N5O4. The second-order valence-corrected chi connectivity index (χ2v) is 6.08. The number of carbonyl (C=O) groups is 1. The van der Waals surface area contributed by atoms with Crippen molar-refractivity contribution in [3.63, 3.8) is 0 Å². The molecule has 0 aliphatic carbocycles. The molecule has 0 radical (unpaired) electrons. The Morgan fingerprint density at radius 2 is 2.18 bits per heavy atom. The minimum absolute atomic E-state index is 0.0103. The predicted molar refractivity (Wildman–Crippen MR) is 79.1 cm³/mol. The van der Waals surface area contributed by atoms with E-state index in [9.17, 15) is 14.7 Å². The molecule has 2 heterocycles. The zero-order chi connectivity index (χ0) is 16.5. The Morgan fingerprint density at radius 3 is 2.77 bits per heavy atom. The van der Waals surface area contributed by atoms with Crippen molar-refractivity contribution in [2.24, 2.45) is 0 Å². The molecule has 22 heavy (non-hydrogen) atoms. The van der Waals surface area contributed by atoms with Gasteiger partial charge >= 0.3 is 11.7 Å². The van der Waals surface area contributed by atoms with E-state index in [1.54, 1.807) is 6.20 Å². The highest BCUT2D eigenvalue weighted by Crippen LogP contribution is 2.22. The van der Waals surface area contributed by atoms with Crippen molar-refractivity contribution in [3.8, 4) is 0 Å². The summed E-state index contributed by atoms with van der Waals surface area (Å²) >= 11 is 0. The molecule has 2 rings (SSSR count). The maximum atomic E-state index is 11.8. The molecule has 0 saturated heterocycles. The number of aliphatic hydroxyl groups is 1. The minimum Gasteiger partial charge on any atom is -0.481 e. The Kier molecular flexibility index (Phi) is 4.18. The molecule has 1 unspecified atom stereocenters. The molecule has 0 amide bonds. The summed E-state index contributed by atoms with van der Waals surface area (Å²) in [5, 5.41) is 27.3. The molecule has 0 saturated carbocycles. The van der Waals surface area contributed by atoms with Gasteiger partial charge in [-0.1, -0.05) is 20.8 Å². The molecule has 9 nitrogen and oxygen atoms in total. The third-order valence-electron chi connectivity index (χ3n) is 3.08. The number of nitrogens with zero attached hydrogens (tertiary/aromatic N) is 3. The number of fused-ring (bicyclic) bond motifs is 1. The number of carboxylic acid groups (broad SMARTS) is 1. The van der Waals surface area contributed by atoms with Gasteiger partial charge in [0.25, 0.3) is 0 Å². The van der Waals surface area contributed by atoms with Crippen molar-refractivity contribution >= 4 is 17.4 Å². The van der Waals surface area contributed by atoms with Crippen LogP contribution in [0.4, 0.5) is 5.82 Å². The van der Waals surface area contributed by atoms with Crippen molar-refractivity contribution in [1.29, 1.82) is 0 Å². The van der Waals surface area contributed by atoms with Gasteiger partial charge in [0.2, 0.25) is 5.65 Å². The second kappa shape index (κ2) is 5.76. The fourth-order valence-corrected chi connectivity index (χ4v) is 1.88. The average molecular weight is 309 g/mol. The molecule has 2 aromatic rings. The standard InChI is InChI=1S/C13H19N5O4/c1-13(2,3)8-6-18-11(16-17-12(18)22)10(15-8)14-5-7(19)4-9(20)21/h6-7,19H,4-5H2,1-3H3,(H,14,15)(H,17,22)(H,20,21). The van der Waals surface area contributed by atoms with E-state index in [4.69, 9.17) is 5.11 Å². The first-order valence-electron chi connectivity index (χ1n) is 6.80. The first-order valence-corrected chi connectivity index (χ1v) is 6.80. The van der Waals surface area contributed by atoms with E-state index in [1.165, 1.54) is 4.40 Å². The molecule has 1 atom stereocenters. The Labute approximate surface area is 126 Å². The zero-order valence-corrected chi connectivity index (χ0v) is 12.6. The van der Waals surface area contributed by atoms with Crippen molar-refractivity contribution < 1.29 is 15.0 Å². The number of carboxylic acids is 1. The van der Waals surface area contributed by atoms with Crippen molar-refractivity contribution in [2.45, 2.75) is 38.7 Å². The van der Waals surface area contributed by atoms with E-state index in [-0.39, 0.29) is 18.4 Å². The lowest BCUT2D eigenvalue weighted by molar-refractivity contribution is -0.138. The molecule has 0 fully saturated rings. The Balaban J connectivity index is 2.35. The Morgan fingerprint density at radius 1 is 1.50 bits per heavy atom. The van der Waals surface area contributed by atoms with Crippen LogP contribution in [0.15, 0.2) is 11.0 Å².